The van der Waals surface area contributed by atoms with Gasteiger partial charge in [0.05, 0.1) is 17.6 Å². The van der Waals surface area contributed by atoms with E-state index in [0.717, 1.165) is 28.0 Å². The number of carbonyl (C=O) groups excluding carboxylic acids is 1. The Hall–Kier alpha value is -1.88. The number of amides is 1. The molecular weight excluding hydrogens is 330 g/mol. The number of carbonyl (C=O) groups is 1. The van der Waals surface area contributed by atoms with Gasteiger partial charge in [-0.3, -0.25) is 9.79 Å². The third kappa shape index (κ3) is 5.19. The zero-order chi connectivity index (χ0) is 15.7. The number of allylic oxidation sites excluding steroid dienone is 7. The van der Waals surface area contributed by atoms with E-state index in [1.165, 1.54) is 0 Å². The number of rotatable bonds is 7. The van der Waals surface area contributed by atoms with Crippen LogP contribution in [0.3, 0.4) is 0 Å². The molecule has 0 aromatic rings. The van der Waals surface area contributed by atoms with E-state index in [-0.39, 0.29) is 0 Å². The second-order valence-corrected chi connectivity index (χ2v) is 5.22. The summed E-state index contributed by atoms with van der Waals surface area (Å²) in [5.74, 6) is 0. The van der Waals surface area contributed by atoms with Crippen molar-refractivity contribution >= 4 is 28.6 Å². The van der Waals surface area contributed by atoms with Gasteiger partial charge in [-0.2, -0.15) is 0 Å². The van der Waals surface area contributed by atoms with Crippen molar-refractivity contribution in [2.45, 2.75) is 19.8 Å². The van der Waals surface area contributed by atoms with Crippen molar-refractivity contribution in [2.24, 2.45) is 4.99 Å². The van der Waals surface area contributed by atoms with Crippen LogP contribution in [-0.4, -0.2) is 24.6 Å². The Bertz CT molecular complexity index is 542. The van der Waals surface area contributed by atoms with Crippen molar-refractivity contribution in [1.82, 2.24) is 10.2 Å². The Balaban J connectivity index is 3.25. The number of likely N-dealkylation sites (N-methyl/N-ethyl adjacent to an activating group) is 1. The number of hydrogen-bond donors (Lipinski definition) is 1. The molecule has 0 aromatic heterocycles. The van der Waals surface area contributed by atoms with Crippen LogP contribution >= 0.6 is 15.9 Å². The Morgan fingerprint density at radius 2 is 2.38 bits per heavy atom. The Morgan fingerprint density at radius 3 is 3.00 bits per heavy atom. The van der Waals surface area contributed by atoms with Gasteiger partial charge < -0.3 is 10.2 Å². The van der Waals surface area contributed by atoms with Crippen LogP contribution in [0.15, 0.2) is 63.6 Å². The summed E-state index contributed by atoms with van der Waals surface area (Å²) in [6.45, 7) is 5.73. The summed E-state index contributed by atoms with van der Waals surface area (Å²) in [5, 5.41) is 2.77. The lowest BCUT2D eigenvalue weighted by molar-refractivity contribution is -0.109. The quantitative estimate of drug-likeness (QED) is 0.563. The highest BCUT2D eigenvalue weighted by Crippen LogP contribution is 2.21. The molecule has 0 aliphatic carbocycles. The fourth-order valence-electron chi connectivity index (χ4n) is 1.85. The molecule has 0 fully saturated rings. The SMILES string of the molecule is C=C/C(Br)=C\C(=C(/CC)NC=O)N(C)C1=CCC=CN=C1. The van der Waals surface area contributed by atoms with Crippen LogP contribution in [0.5, 0.6) is 0 Å². The van der Waals surface area contributed by atoms with E-state index >= 15 is 0 Å². The molecule has 1 aliphatic rings. The maximum Gasteiger partial charge on any atom is 0.211 e. The van der Waals surface area contributed by atoms with E-state index in [0.29, 0.717) is 12.8 Å². The summed E-state index contributed by atoms with van der Waals surface area (Å²) >= 11 is 3.43. The average Bonchev–Trinajstić information content (AvgIpc) is 2.78. The fraction of sp³-hybridized carbons (Fsp3) is 0.250. The third-order valence-electron chi connectivity index (χ3n) is 2.98. The summed E-state index contributed by atoms with van der Waals surface area (Å²) < 4.78 is 0.840. The van der Waals surface area contributed by atoms with Crippen LogP contribution < -0.4 is 5.32 Å². The topological polar surface area (TPSA) is 44.7 Å². The Kier molecular flexibility index (Phi) is 7.46. The lowest BCUT2D eigenvalue weighted by atomic mass is 10.2. The van der Waals surface area contributed by atoms with E-state index in [9.17, 15) is 4.79 Å². The van der Waals surface area contributed by atoms with Crippen LogP contribution in [0.25, 0.3) is 0 Å². The zero-order valence-corrected chi connectivity index (χ0v) is 13.9. The molecule has 1 heterocycles. The number of hydrogen-bond acceptors (Lipinski definition) is 3. The molecule has 0 unspecified atom stereocenters. The van der Waals surface area contributed by atoms with Crippen molar-refractivity contribution in [2.75, 3.05) is 7.05 Å². The molecule has 5 heteroatoms. The molecule has 0 saturated carbocycles. The number of halogens is 1. The largest absolute Gasteiger partial charge is 0.342 e. The first kappa shape index (κ1) is 17.2. The molecule has 112 valence electrons. The predicted molar refractivity (Wildman–Crippen MR) is 91.8 cm³/mol. The minimum atomic E-state index is 0.694. The first-order valence-corrected chi connectivity index (χ1v) is 7.48. The third-order valence-corrected chi connectivity index (χ3v) is 3.53. The monoisotopic (exact) mass is 349 g/mol. The molecule has 21 heavy (non-hydrogen) atoms. The van der Waals surface area contributed by atoms with E-state index in [1.54, 1.807) is 18.5 Å². The summed E-state index contributed by atoms with van der Waals surface area (Å²) in [6.07, 6.45) is 13.5. The average molecular weight is 350 g/mol. The van der Waals surface area contributed by atoms with Gasteiger partial charge in [0.1, 0.15) is 0 Å². The van der Waals surface area contributed by atoms with Gasteiger partial charge >= 0.3 is 0 Å². The van der Waals surface area contributed by atoms with Crippen molar-refractivity contribution < 1.29 is 4.79 Å². The molecule has 1 rings (SSSR count). The lowest BCUT2D eigenvalue weighted by Gasteiger charge is -2.24. The molecule has 0 aromatic carbocycles. The van der Waals surface area contributed by atoms with Crippen molar-refractivity contribution in [3.63, 3.8) is 0 Å². The molecule has 1 N–H and O–H groups in total. The molecule has 0 bridgehead atoms. The molecule has 0 radical (unpaired) electrons. The summed E-state index contributed by atoms with van der Waals surface area (Å²) in [5.41, 5.74) is 2.68. The zero-order valence-electron chi connectivity index (χ0n) is 12.3. The van der Waals surface area contributed by atoms with Gasteiger partial charge in [-0.1, -0.05) is 47.7 Å². The minimum Gasteiger partial charge on any atom is -0.342 e. The highest BCUT2D eigenvalue weighted by molar-refractivity contribution is 9.11. The summed E-state index contributed by atoms with van der Waals surface area (Å²) in [7, 11) is 1.94. The van der Waals surface area contributed by atoms with E-state index in [4.69, 9.17) is 0 Å². The maximum absolute atomic E-state index is 10.8. The van der Waals surface area contributed by atoms with Gasteiger partial charge in [0, 0.05) is 23.4 Å². The van der Waals surface area contributed by atoms with Crippen LogP contribution in [0.2, 0.25) is 0 Å². The maximum atomic E-state index is 10.8. The van der Waals surface area contributed by atoms with Crippen LogP contribution in [0.4, 0.5) is 0 Å². The lowest BCUT2D eigenvalue weighted by Crippen LogP contribution is -2.23. The van der Waals surface area contributed by atoms with Crippen LogP contribution in [0, 0.1) is 0 Å². The van der Waals surface area contributed by atoms with E-state index in [2.05, 4.69) is 38.9 Å². The second-order valence-electron chi connectivity index (χ2n) is 4.30. The molecule has 0 saturated heterocycles. The van der Waals surface area contributed by atoms with E-state index < -0.39 is 0 Å². The first-order chi connectivity index (χ1) is 10.1. The number of aliphatic imine (C=N–C) groups is 1. The van der Waals surface area contributed by atoms with Crippen LogP contribution in [-0.2, 0) is 4.79 Å². The van der Waals surface area contributed by atoms with Crippen molar-refractivity contribution in [3.8, 4) is 0 Å². The minimum absolute atomic E-state index is 0.694. The van der Waals surface area contributed by atoms with Crippen LogP contribution in [0.1, 0.15) is 19.8 Å². The normalized spacial score (nSPS) is 15.8. The number of nitrogens with zero attached hydrogens (tertiary/aromatic N) is 2. The molecule has 0 spiro atoms. The predicted octanol–water partition coefficient (Wildman–Crippen LogP) is 3.62. The molecule has 1 aliphatic heterocycles. The van der Waals surface area contributed by atoms with Gasteiger partial charge in [-0.25, -0.2) is 0 Å². The van der Waals surface area contributed by atoms with E-state index in [1.807, 2.05) is 31.0 Å². The Morgan fingerprint density at radius 1 is 1.62 bits per heavy atom. The van der Waals surface area contributed by atoms with Gasteiger partial charge in [-0.15, -0.1) is 0 Å². The number of nitrogens with one attached hydrogen (secondary N) is 1. The first-order valence-electron chi connectivity index (χ1n) is 6.69. The van der Waals surface area contributed by atoms with Gasteiger partial charge in [0.2, 0.25) is 6.41 Å². The standard InChI is InChI=1S/C16H20BrN3O/c1-4-13(17)10-16(15(5-2)19-12-21)20(3)14-8-6-7-9-18-11-14/h4,7-12H,1,5-6H2,2-3H3,(H,19,21)/b13-10+,16-15-. The molecule has 1 amide bonds. The van der Waals surface area contributed by atoms with Crippen molar-refractivity contribution in [3.05, 3.63) is 58.7 Å². The van der Waals surface area contributed by atoms with Gasteiger partial charge in [0.15, 0.2) is 0 Å². The fourth-order valence-corrected chi connectivity index (χ4v) is 2.07. The Labute approximate surface area is 134 Å². The van der Waals surface area contributed by atoms with Gasteiger partial charge in [-0.05, 0) is 18.9 Å². The second kappa shape index (κ2) is 9.13. The highest BCUT2D eigenvalue weighted by Gasteiger charge is 2.12. The summed E-state index contributed by atoms with van der Waals surface area (Å²) in [4.78, 5) is 17.0. The summed E-state index contributed by atoms with van der Waals surface area (Å²) in [6, 6.07) is 0. The smallest absolute Gasteiger partial charge is 0.211 e. The van der Waals surface area contributed by atoms with Crippen molar-refractivity contribution in [1.29, 1.82) is 0 Å². The highest BCUT2D eigenvalue weighted by atomic mass is 79.9. The molecule has 4 nitrogen and oxygen atoms in total. The van der Waals surface area contributed by atoms with Gasteiger partial charge in [0.25, 0.3) is 0 Å². The molecular formula is C16H20BrN3O. The molecule has 0 atom stereocenters.